The average molecular weight is 429 g/mol. The molecule has 2 aromatic heterocycles. The van der Waals surface area contributed by atoms with Gasteiger partial charge in [-0.3, -0.25) is 0 Å². The molecule has 0 aliphatic carbocycles. The summed E-state index contributed by atoms with van der Waals surface area (Å²) in [4.78, 5) is 4.37. The minimum atomic E-state index is -0.452. The Morgan fingerprint density at radius 3 is 2.72 bits per heavy atom. The molecule has 0 fully saturated rings. The topological polar surface area (TPSA) is 96.3 Å². The number of halogens is 1. The second-order valence-corrected chi connectivity index (χ2v) is 7.44. The maximum absolute atomic E-state index is 5.90. The summed E-state index contributed by atoms with van der Waals surface area (Å²) in [5.74, 6) is 3.05. The Bertz CT molecular complexity index is 1130. The van der Waals surface area contributed by atoms with Crippen LogP contribution in [0.4, 0.5) is 0 Å². The van der Waals surface area contributed by atoms with E-state index in [0.717, 1.165) is 5.56 Å². The number of ether oxygens (including phenoxy) is 2. The minimum Gasteiger partial charge on any atom is -0.485 e. The van der Waals surface area contributed by atoms with Crippen LogP contribution in [0.3, 0.4) is 0 Å². The molecule has 0 saturated carbocycles. The molecule has 0 bridgehead atoms. The molecule has 146 valence electrons. The van der Waals surface area contributed by atoms with Crippen molar-refractivity contribution in [3.05, 3.63) is 65.3 Å². The lowest BCUT2D eigenvalue weighted by Gasteiger charge is -2.23. The van der Waals surface area contributed by atoms with Crippen LogP contribution in [-0.4, -0.2) is 26.9 Å². The number of nitrogens with zero attached hydrogens (tertiary/aromatic N) is 4. The molecule has 1 aliphatic heterocycles. The molecule has 10 heteroatoms. The molecule has 0 saturated heterocycles. The fourth-order valence-electron chi connectivity index (χ4n) is 2.70. The fraction of sp³-hybridized carbons (Fsp3) is 0.158. The van der Waals surface area contributed by atoms with E-state index in [1.165, 1.54) is 11.8 Å². The quantitative estimate of drug-likeness (QED) is 0.423. The van der Waals surface area contributed by atoms with E-state index in [1.54, 1.807) is 12.1 Å². The SMILES string of the molecule is Clc1ccc(-c2noc(CSc3nnc([C@H]4COc5ccccc5O4)o3)n2)cc1. The molecule has 1 atom stereocenters. The van der Waals surface area contributed by atoms with E-state index in [9.17, 15) is 0 Å². The van der Waals surface area contributed by atoms with E-state index in [1.807, 2.05) is 36.4 Å². The molecular formula is C19H13ClN4O4S. The summed E-state index contributed by atoms with van der Waals surface area (Å²) in [7, 11) is 0. The zero-order valence-corrected chi connectivity index (χ0v) is 16.4. The van der Waals surface area contributed by atoms with Gasteiger partial charge >= 0.3 is 0 Å². The molecule has 1 aliphatic rings. The van der Waals surface area contributed by atoms with Crippen LogP contribution in [0.25, 0.3) is 11.4 Å². The molecule has 0 unspecified atom stereocenters. The van der Waals surface area contributed by atoms with Gasteiger partial charge in [0.15, 0.2) is 11.5 Å². The van der Waals surface area contributed by atoms with Crippen molar-refractivity contribution in [1.82, 2.24) is 20.3 Å². The van der Waals surface area contributed by atoms with E-state index >= 15 is 0 Å². The fourth-order valence-corrected chi connectivity index (χ4v) is 3.44. The van der Waals surface area contributed by atoms with Gasteiger partial charge in [-0.25, -0.2) is 0 Å². The Morgan fingerprint density at radius 2 is 1.86 bits per heavy atom. The molecule has 8 nitrogen and oxygen atoms in total. The summed E-state index contributed by atoms with van der Waals surface area (Å²) in [5, 5.41) is 13.1. The van der Waals surface area contributed by atoms with Crippen molar-refractivity contribution in [3.63, 3.8) is 0 Å². The number of para-hydroxylation sites is 2. The van der Waals surface area contributed by atoms with Crippen molar-refractivity contribution >= 4 is 23.4 Å². The van der Waals surface area contributed by atoms with E-state index in [-0.39, 0.29) is 0 Å². The van der Waals surface area contributed by atoms with Gasteiger partial charge in [-0.1, -0.05) is 40.7 Å². The van der Waals surface area contributed by atoms with Gasteiger partial charge in [-0.2, -0.15) is 4.98 Å². The summed E-state index contributed by atoms with van der Waals surface area (Å²) in [5.41, 5.74) is 0.823. The number of rotatable bonds is 5. The van der Waals surface area contributed by atoms with Crippen LogP contribution in [0.2, 0.25) is 5.02 Å². The largest absolute Gasteiger partial charge is 0.485 e. The van der Waals surface area contributed by atoms with Crippen LogP contribution in [0.15, 0.2) is 62.7 Å². The van der Waals surface area contributed by atoms with E-state index < -0.39 is 6.10 Å². The van der Waals surface area contributed by atoms with Crippen LogP contribution in [0.1, 0.15) is 17.9 Å². The average Bonchev–Trinajstić information content (AvgIpc) is 3.42. The number of hydrogen-bond acceptors (Lipinski definition) is 9. The van der Waals surface area contributed by atoms with Gasteiger partial charge in [-0.05, 0) is 36.4 Å². The van der Waals surface area contributed by atoms with Gasteiger partial charge in [0.05, 0.1) is 5.75 Å². The Hall–Kier alpha value is -3.04. The normalized spacial score (nSPS) is 15.4. The summed E-state index contributed by atoms with van der Waals surface area (Å²) < 4.78 is 22.5. The Labute approximate surface area is 174 Å². The number of thioether (sulfide) groups is 1. The second-order valence-electron chi connectivity index (χ2n) is 6.08. The Kier molecular flexibility index (Phi) is 4.82. The molecule has 5 rings (SSSR count). The van der Waals surface area contributed by atoms with Crippen molar-refractivity contribution in [2.45, 2.75) is 17.1 Å². The maximum Gasteiger partial charge on any atom is 0.277 e. The first-order valence-corrected chi connectivity index (χ1v) is 10.0. The number of hydrogen-bond donors (Lipinski definition) is 0. The highest BCUT2D eigenvalue weighted by molar-refractivity contribution is 7.98. The summed E-state index contributed by atoms with van der Waals surface area (Å²) >= 11 is 7.20. The van der Waals surface area contributed by atoms with Gasteiger partial charge in [0.2, 0.25) is 17.8 Å². The molecule has 3 heterocycles. The number of benzene rings is 2. The van der Waals surface area contributed by atoms with E-state index in [0.29, 0.717) is 51.7 Å². The molecular weight excluding hydrogens is 416 g/mol. The van der Waals surface area contributed by atoms with Crippen molar-refractivity contribution in [1.29, 1.82) is 0 Å². The van der Waals surface area contributed by atoms with Crippen LogP contribution >= 0.6 is 23.4 Å². The minimum absolute atomic E-state index is 0.303. The van der Waals surface area contributed by atoms with Crippen LogP contribution < -0.4 is 9.47 Å². The summed E-state index contributed by atoms with van der Waals surface area (Å²) in [6, 6.07) is 14.7. The smallest absolute Gasteiger partial charge is 0.277 e. The lowest BCUT2D eigenvalue weighted by molar-refractivity contribution is 0.0686. The van der Waals surface area contributed by atoms with Gasteiger partial charge in [-0.15, -0.1) is 10.2 Å². The van der Waals surface area contributed by atoms with Gasteiger partial charge < -0.3 is 18.4 Å². The highest BCUT2D eigenvalue weighted by Crippen LogP contribution is 2.36. The zero-order valence-electron chi connectivity index (χ0n) is 14.8. The number of fused-ring (bicyclic) bond motifs is 1. The predicted molar refractivity (Wildman–Crippen MR) is 104 cm³/mol. The van der Waals surface area contributed by atoms with Gasteiger partial charge in [0.25, 0.3) is 11.1 Å². The van der Waals surface area contributed by atoms with E-state index in [2.05, 4.69) is 20.3 Å². The van der Waals surface area contributed by atoms with Crippen molar-refractivity contribution in [2.75, 3.05) is 6.61 Å². The standard InChI is InChI=1S/C19H13ClN4O4S/c20-12-7-5-11(6-8-12)17-21-16(28-24-17)10-29-19-23-22-18(27-19)15-9-25-13-3-1-2-4-14(13)26-15/h1-8,15H,9-10H2/t15-/m1/s1. The van der Waals surface area contributed by atoms with Crippen molar-refractivity contribution < 1.29 is 18.4 Å². The monoisotopic (exact) mass is 428 g/mol. The maximum atomic E-state index is 5.90. The highest BCUT2D eigenvalue weighted by atomic mass is 35.5. The zero-order chi connectivity index (χ0) is 19.6. The molecule has 4 aromatic rings. The summed E-state index contributed by atoms with van der Waals surface area (Å²) in [6.45, 7) is 0.303. The first-order valence-electron chi connectivity index (χ1n) is 8.68. The van der Waals surface area contributed by atoms with Crippen LogP contribution in [-0.2, 0) is 5.75 Å². The van der Waals surface area contributed by atoms with E-state index in [4.69, 9.17) is 30.0 Å². The highest BCUT2D eigenvalue weighted by Gasteiger charge is 2.27. The third-order valence-corrected chi connectivity index (χ3v) is 5.15. The molecule has 2 aromatic carbocycles. The van der Waals surface area contributed by atoms with Crippen LogP contribution in [0, 0.1) is 0 Å². The van der Waals surface area contributed by atoms with Gasteiger partial charge in [0, 0.05) is 10.6 Å². The van der Waals surface area contributed by atoms with Crippen LogP contribution in [0.5, 0.6) is 11.5 Å². The lowest BCUT2D eigenvalue weighted by atomic mass is 10.2. The molecule has 0 N–H and O–H groups in total. The Balaban J connectivity index is 1.22. The predicted octanol–water partition coefficient (Wildman–Crippen LogP) is 4.58. The molecule has 0 amide bonds. The van der Waals surface area contributed by atoms with Crippen molar-refractivity contribution in [3.8, 4) is 22.9 Å². The molecule has 0 spiro atoms. The first kappa shape index (κ1) is 18.0. The third kappa shape index (κ3) is 3.92. The number of aromatic nitrogens is 4. The lowest BCUT2D eigenvalue weighted by Crippen LogP contribution is -2.21. The first-order chi connectivity index (χ1) is 14.2. The van der Waals surface area contributed by atoms with Crippen molar-refractivity contribution in [2.24, 2.45) is 0 Å². The second kappa shape index (κ2) is 7.76. The molecule has 0 radical (unpaired) electrons. The third-order valence-electron chi connectivity index (χ3n) is 4.10. The molecule has 29 heavy (non-hydrogen) atoms. The Morgan fingerprint density at radius 1 is 1.03 bits per heavy atom. The summed E-state index contributed by atoms with van der Waals surface area (Å²) in [6.07, 6.45) is -0.452. The van der Waals surface area contributed by atoms with Gasteiger partial charge in [0.1, 0.15) is 6.61 Å².